The van der Waals surface area contributed by atoms with Gasteiger partial charge in [-0.05, 0) is 12.8 Å². The molecule has 0 aromatic heterocycles. The molecular formula is C7H13NO2. The fourth-order valence-corrected chi connectivity index (χ4v) is 0.709. The highest BCUT2D eigenvalue weighted by Gasteiger charge is 1.99. The number of hydrogen-bond acceptors (Lipinski definition) is 3. The Hall–Kier alpha value is -0.700. The van der Waals surface area contributed by atoms with Crippen LogP contribution in [0.25, 0.3) is 0 Å². The Morgan fingerprint density at radius 2 is 1.50 bits per heavy atom. The molecule has 0 aliphatic rings. The summed E-state index contributed by atoms with van der Waals surface area (Å²) < 4.78 is 0. The summed E-state index contributed by atoms with van der Waals surface area (Å²) in [6, 6.07) is 0.00963. The van der Waals surface area contributed by atoms with Gasteiger partial charge in [0.2, 0.25) is 0 Å². The molecule has 0 aliphatic heterocycles. The first kappa shape index (κ1) is 9.30. The fourth-order valence-electron chi connectivity index (χ4n) is 0.709. The van der Waals surface area contributed by atoms with Gasteiger partial charge >= 0.3 is 0 Å². The minimum absolute atomic E-state index is 0.00963. The zero-order valence-electron chi connectivity index (χ0n) is 5.95. The van der Waals surface area contributed by atoms with Crippen LogP contribution in [0, 0.1) is 0 Å². The zero-order chi connectivity index (χ0) is 7.82. The molecule has 0 unspecified atom stereocenters. The van der Waals surface area contributed by atoms with Crippen molar-refractivity contribution >= 4 is 12.6 Å². The molecule has 0 heterocycles. The summed E-state index contributed by atoms with van der Waals surface area (Å²) in [5.74, 6) is 0. The molecule has 3 nitrogen and oxygen atoms in total. The van der Waals surface area contributed by atoms with Crippen molar-refractivity contribution in [3.8, 4) is 0 Å². The molecule has 0 aliphatic carbocycles. The number of nitrogens with two attached hydrogens (primary N) is 1. The molecule has 10 heavy (non-hydrogen) atoms. The lowest BCUT2D eigenvalue weighted by atomic mass is 10.1. The molecule has 0 saturated heterocycles. The standard InChI is InChI=1S/C7H13NO2/c8-7(3-1-5-9)4-2-6-10/h5-7H,1-4,8H2. The summed E-state index contributed by atoms with van der Waals surface area (Å²) in [7, 11) is 0. The predicted octanol–water partition coefficient (Wildman–Crippen LogP) is 0.272. The molecule has 0 atom stereocenters. The molecule has 0 fully saturated rings. The summed E-state index contributed by atoms with van der Waals surface area (Å²) in [5, 5.41) is 0. The average molecular weight is 143 g/mol. The topological polar surface area (TPSA) is 60.2 Å². The lowest BCUT2D eigenvalue weighted by molar-refractivity contribution is -0.108. The van der Waals surface area contributed by atoms with Crippen molar-refractivity contribution in [1.29, 1.82) is 0 Å². The first-order chi connectivity index (χ1) is 4.81. The van der Waals surface area contributed by atoms with Gasteiger partial charge in [-0.15, -0.1) is 0 Å². The second-order valence-corrected chi connectivity index (χ2v) is 2.25. The van der Waals surface area contributed by atoms with Gasteiger partial charge in [-0.25, -0.2) is 0 Å². The zero-order valence-corrected chi connectivity index (χ0v) is 5.95. The lowest BCUT2D eigenvalue weighted by Crippen LogP contribution is -2.19. The predicted molar refractivity (Wildman–Crippen MR) is 38.6 cm³/mol. The third kappa shape index (κ3) is 5.44. The number of rotatable bonds is 6. The first-order valence-corrected chi connectivity index (χ1v) is 3.44. The smallest absolute Gasteiger partial charge is 0.120 e. The molecule has 2 N–H and O–H groups in total. The lowest BCUT2D eigenvalue weighted by Gasteiger charge is -2.05. The van der Waals surface area contributed by atoms with E-state index in [0.29, 0.717) is 25.7 Å². The van der Waals surface area contributed by atoms with Gasteiger partial charge in [0, 0.05) is 18.9 Å². The monoisotopic (exact) mass is 143 g/mol. The maximum Gasteiger partial charge on any atom is 0.120 e. The number of carbonyl (C=O) groups excluding carboxylic acids is 2. The van der Waals surface area contributed by atoms with Crippen molar-refractivity contribution in [2.45, 2.75) is 31.7 Å². The van der Waals surface area contributed by atoms with Crippen LogP contribution in [0.1, 0.15) is 25.7 Å². The second kappa shape index (κ2) is 6.42. The van der Waals surface area contributed by atoms with Crippen molar-refractivity contribution in [1.82, 2.24) is 0 Å². The quantitative estimate of drug-likeness (QED) is 0.543. The summed E-state index contributed by atoms with van der Waals surface area (Å²) in [6.07, 6.45) is 4.08. The molecule has 0 aromatic rings. The van der Waals surface area contributed by atoms with Crippen LogP contribution in [-0.4, -0.2) is 18.6 Å². The van der Waals surface area contributed by atoms with E-state index in [-0.39, 0.29) is 6.04 Å². The van der Waals surface area contributed by atoms with E-state index in [9.17, 15) is 9.59 Å². The highest BCUT2D eigenvalue weighted by molar-refractivity contribution is 5.50. The Bertz CT molecular complexity index is 91.8. The van der Waals surface area contributed by atoms with Gasteiger partial charge in [-0.3, -0.25) is 0 Å². The van der Waals surface area contributed by atoms with Crippen molar-refractivity contribution in [2.75, 3.05) is 0 Å². The third-order valence-electron chi connectivity index (χ3n) is 1.31. The number of carbonyl (C=O) groups is 2. The summed E-state index contributed by atoms with van der Waals surface area (Å²) in [6.45, 7) is 0. The number of aldehydes is 2. The van der Waals surface area contributed by atoms with Gasteiger partial charge in [-0.1, -0.05) is 0 Å². The highest BCUT2D eigenvalue weighted by atomic mass is 16.1. The van der Waals surface area contributed by atoms with Crippen molar-refractivity contribution in [3.63, 3.8) is 0 Å². The Kier molecular flexibility index (Phi) is 5.97. The molecular weight excluding hydrogens is 130 g/mol. The van der Waals surface area contributed by atoms with Crippen LogP contribution in [0.5, 0.6) is 0 Å². The Balaban J connectivity index is 3.15. The highest BCUT2D eigenvalue weighted by Crippen LogP contribution is 1.98. The Morgan fingerprint density at radius 3 is 1.80 bits per heavy atom. The molecule has 0 radical (unpaired) electrons. The van der Waals surface area contributed by atoms with E-state index in [2.05, 4.69) is 0 Å². The van der Waals surface area contributed by atoms with Crippen LogP contribution < -0.4 is 5.73 Å². The molecule has 0 saturated carbocycles. The van der Waals surface area contributed by atoms with Crippen molar-refractivity contribution in [2.24, 2.45) is 5.73 Å². The SMILES string of the molecule is NC(CCC=O)CCC=O. The van der Waals surface area contributed by atoms with E-state index >= 15 is 0 Å². The van der Waals surface area contributed by atoms with Gasteiger partial charge in [-0.2, -0.15) is 0 Å². The van der Waals surface area contributed by atoms with E-state index in [1.807, 2.05) is 0 Å². The molecule has 0 aromatic carbocycles. The van der Waals surface area contributed by atoms with Gasteiger partial charge < -0.3 is 15.3 Å². The Morgan fingerprint density at radius 1 is 1.10 bits per heavy atom. The molecule has 0 rings (SSSR count). The van der Waals surface area contributed by atoms with E-state index in [1.54, 1.807) is 0 Å². The van der Waals surface area contributed by atoms with Gasteiger partial charge in [0.25, 0.3) is 0 Å². The average Bonchev–Trinajstić information content (AvgIpc) is 1.97. The molecule has 0 spiro atoms. The van der Waals surface area contributed by atoms with Gasteiger partial charge in [0.15, 0.2) is 0 Å². The minimum atomic E-state index is 0.00963. The molecule has 3 heteroatoms. The molecule has 58 valence electrons. The summed E-state index contributed by atoms with van der Waals surface area (Å²) in [4.78, 5) is 19.7. The number of hydrogen-bond donors (Lipinski definition) is 1. The maximum absolute atomic E-state index is 9.86. The van der Waals surface area contributed by atoms with Gasteiger partial charge in [0.05, 0.1) is 0 Å². The van der Waals surface area contributed by atoms with Crippen LogP contribution in [-0.2, 0) is 9.59 Å². The van der Waals surface area contributed by atoms with Crippen LogP contribution in [0.15, 0.2) is 0 Å². The summed E-state index contributed by atoms with van der Waals surface area (Å²) >= 11 is 0. The normalized spacial score (nSPS) is 9.80. The maximum atomic E-state index is 9.86. The fraction of sp³-hybridized carbons (Fsp3) is 0.714. The second-order valence-electron chi connectivity index (χ2n) is 2.25. The van der Waals surface area contributed by atoms with Crippen molar-refractivity contribution < 1.29 is 9.59 Å². The van der Waals surface area contributed by atoms with E-state index in [4.69, 9.17) is 5.73 Å². The molecule has 0 amide bonds. The van der Waals surface area contributed by atoms with Crippen molar-refractivity contribution in [3.05, 3.63) is 0 Å². The summed E-state index contributed by atoms with van der Waals surface area (Å²) in [5.41, 5.74) is 5.53. The largest absolute Gasteiger partial charge is 0.328 e. The third-order valence-corrected chi connectivity index (χ3v) is 1.31. The van der Waals surface area contributed by atoms with Crippen LogP contribution in [0.2, 0.25) is 0 Å². The van der Waals surface area contributed by atoms with Crippen LogP contribution in [0.4, 0.5) is 0 Å². The molecule has 0 bridgehead atoms. The van der Waals surface area contributed by atoms with Crippen LogP contribution in [0.3, 0.4) is 0 Å². The Labute approximate surface area is 60.6 Å². The first-order valence-electron chi connectivity index (χ1n) is 3.44. The van der Waals surface area contributed by atoms with E-state index in [1.165, 1.54) is 0 Å². The minimum Gasteiger partial charge on any atom is -0.328 e. The van der Waals surface area contributed by atoms with Gasteiger partial charge in [0.1, 0.15) is 12.6 Å². The van der Waals surface area contributed by atoms with Crippen LogP contribution >= 0.6 is 0 Å². The van der Waals surface area contributed by atoms with E-state index < -0.39 is 0 Å². The van der Waals surface area contributed by atoms with E-state index in [0.717, 1.165) is 12.6 Å².